The van der Waals surface area contributed by atoms with Crippen LogP contribution in [0.3, 0.4) is 0 Å². The van der Waals surface area contributed by atoms with E-state index >= 15 is 0 Å². The monoisotopic (exact) mass is 275 g/mol. The molecule has 19 heavy (non-hydrogen) atoms. The summed E-state index contributed by atoms with van der Waals surface area (Å²) in [6.07, 6.45) is 3.61. The number of hydrogen-bond acceptors (Lipinski definition) is 3. The lowest BCUT2D eigenvalue weighted by Gasteiger charge is -2.20. The Morgan fingerprint density at radius 3 is 2.63 bits per heavy atom. The van der Waals surface area contributed by atoms with Crippen LogP contribution in [-0.4, -0.2) is 27.8 Å². The van der Waals surface area contributed by atoms with E-state index in [1.165, 1.54) is 11.8 Å². The van der Waals surface area contributed by atoms with Crippen molar-refractivity contribution in [3.63, 3.8) is 0 Å². The number of amides is 1. The molecule has 0 N–H and O–H groups in total. The zero-order valence-electron chi connectivity index (χ0n) is 11.3. The topological polar surface area (TPSA) is 38.1 Å². The third kappa shape index (κ3) is 3.17. The van der Waals surface area contributed by atoms with Gasteiger partial charge in [0, 0.05) is 32.2 Å². The Balaban J connectivity index is 2.05. The summed E-state index contributed by atoms with van der Waals surface area (Å²) >= 11 is 1.47. The fourth-order valence-electron chi connectivity index (χ4n) is 1.73. The molecule has 1 unspecified atom stereocenters. The number of carbonyl (C=O) groups excluding carboxylic acids is 1. The maximum Gasteiger partial charge on any atom is 0.240 e. The highest BCUT2D eigenvalue weighted by molar-refractivity contribution is 8.00. The first-order valence-corrected chi connectivity index (χ1v) is 6.94. The van der Waals surface area contributed by atoms with Crippen LogP contribution in [0.5, 0.6) is 0 Å². The van der Waals surface area contributed by atoms with Crippen LogP contribution in [0.1, 0.15) is 6.92 Å². The van der Waals surface area contributed by atoms with Crippen LogP contribution in [0.2, 0.25) is 0 Å². The third-order valence-electron chi connectivity index (χ3n) is 2.88. The van der Waals surface area contributed by atoms with Gasteiger partial charge in [-0.15, -0.1) is 0 Å². The number of anilines is 1. The lowest BCUT2D eigenvalue weighted by atomic mass is 10.3. The first kappa shape index (κ1) is 13.7. The Bertz CT molecular complexity index is 553. The maximum absolute atomic E-state index is 12.3. The minimum absolute atomic E-state index is 0.0687. The van der Waals surface area contributed by atoms with E-state index in [1.807, 2.05) is 55.1 Å². The lowest BCUT2D eigenvalue weighted by Crippen LogP contribution is -2.33. The fourth-order valence-corrected chi connectivity index (χ4v) is 2.65. The average Bonchev–Trinajstić information content (AvgIpc) is 2.83. The molecule has 1 amide bonds. The molecule has 0 spiro atoms. The van der Waals surface area contributed by atoms with Crippen molar-refractivity contribution < 1.29 is 4.79 Å². The molecule has 0 bridgehead atoms. The quantitative estimate of drug-likeness (QED) is 0.805. The van der Waals surface area contributed by atoms with E-state index in [-0.39, 0.29) is 11.2 Å². The summed E-state index contributed by atoms with van der Waals surface area (Å²) < 4.78 is 1.91. The zero-order chi connectivity index (χ0) is 13.8. The van der Waals surface area contributed by atoms with E-state index in [1.54, 1.807) is 18.1 Å². The molecule has 0 aliphatic heterocycles. The van der Waals surface area contributed by atoms with Crippen molar-refractivity contribution in [2.45, 2.75) is 17.3 Å². The van der Waals surface area contributed by atoms with Crippen molar-refractivity contribution in [3.05, 3.63) is 42.7 Å². The van der Waals surface area contributed by atoms with Gasteiger partial charge in [0.05, 0.1) is 5.25 Å². The summed E-state index contributed by atoms with van der Waals surface area (Å²) in [4.78, 5) is 18.3. The first-order chi connectivity index (χ1) is 9.09. The molecular formula is C14H17N3OS. The van der Waals surface area contributed by atoms with E-state index in [2.05, 4.69) is 4.98 Å². The Kier molecular flexibility index (Phi) is 4.27. The number of aromatic nitrogens is 2. The maximum atomic E-state index is 12.3. The van der Waals surface area contributed by atoms with Crippen LogP contribution >= 0.6 is 11.8 Å². The van der Waals surface area contributed by atoms with Gasteiger partial charge in [-0.05, 0) is 19.1 Å². The van der Waals surface area contributed by atoms with Gasteiger partial charge in [0.15, 0.2) is 5.16 Å². The molecule has 1 atom stereocenters. The molecule has 0 aliphatic rings. The Morgan fingerprint density at radius 1 is 1.37 bits per heavy atom. The second-order valence-electron chi connectivity index (χ2n) is 4.31. The number of imidazole rings is 1. The Labute approximate surface area is 117 Å². The van der Waals surface area contributed by atoms with E-state index in [0.29, 0.717) is 0 Å². The fraction of sp³-hybridized carbons (Fsp3) is 0.286. The molecule has 0 aliphatic carbocycles. The zero-order valence-corrected chi connectivity index (χ0v) is 12.1. The normalized spacial score (nSPS) is 12.2. The highest BCUT2D eigenvalue weighted by atomic mass is 32.2. The minimum Gasteiger partial charge on any atom is -0.329 e. The summed E-state index contributed by atoms with van der Waals surface area (Å²) in [5.74, 6) is 0.0687. The smallest absolute Gasteiger partial charge is 0.240 e. The number of rotatable bonds is 4. The number of para-hydroxylation sites is 1. The summed E-state index contributed by atoms with van der Waals surface area (Å²) in [6, 6.07) is 9.64. The number of hydrogen-bond donors (Lipinski definition) is 0. The van der Waals surface area contributed by atoms with E-state index in [4.69, 9.17) is 0 Å². The highest BCUT2D eigenvalue weighted by Crippen LogP contribution is 2.23. The number of nitrogens with zero attached hydrogens (tertiary/aromatic N) is 3. The Hall–Kier alpha value is -1.75. The van der Waals surface area contributed by atoms with E-state index in [0.717, 1.165) is 10.8 Å². The predicted molar refractivity (Wildman–Crippen MR) is 78.4 cm³/mol. The first-order valence-electron chi connectivity index (χ1n) is 6.06. The molecule has 1 heterocycles. The van der Waals surface area contributed by atoms with Crippen molar-refractivity contribution in [2.24, 2.45) is 7.05 Å². The van der Waals surface area contributed by atoms with Crippen molar-refractivity contribution in [3.8, 4) is 0 Å². The molecule has 0 saturated carbocycles. The van der Waals surface area contributed by atoms with Crippen molar-refractivity contribution >= 4 is 23.4 Å². The van der Waals surface area contributed by atoms with Crippen LogP contribution in [-0.2, 0) is 11.8 Å². The number of thioether (sulfide) groups is 1. The minimum atomic E-state index is -0.175. The number of aryl methyl sites for hydroxylation is 1. The summed E-state index contributed by atoms with van der Waals surface area (Å²) in [5, 5.41) is 0.675. The van der Waals surface area contributed by atoms with Gasteiger partial charge in [0.25, 0.3) is 0 Å². The van der Waals surface area contributed by atoms with Gasteiger partial charge >= 0.3 is 0 Å². The van der Waals surface area contributed by atoms with Gasteiger partial charge < -0.3 is 9.47 Å². The van der Waals surface area contributed by atoms with Crippen LogP contribution in [0.15, 0.2) is 47.9 Å². The average molecular weight is 275 g/mol. The standard InChI is InChI=1S/C14H17N3OS/c1-11(19-14-15-9-10-16(14)2)13(18)17(3)12-7-5-4-6-8-12/h4-11H,1-3H3. The molecular weight excluding hydrogens is 258 g/mol. The molecule has 5 heteroatoms. The second-order valence-corrected chi connectivity index (χ2v) is 5.62. The van der Waals surface area contributed by atoms with Gasteiger partial charge in [0.1, 0.15) is 0 Å². The van der Waals surface area contributed by atoms with E-state index in [9.17, 15) is 4.79 Å². The van der Waals surface area contributed by atoms with Crippen molar-refractivity contribution in [2.75, 3.05) is 11.9 Å². The summed E-state index contributed by atoms with van der Waals surface area (Å²) in [7, 11) is 3.72. The second kappa shape index (κ2) is 5.93. The molecule has 2 rings (SSSR count). The summed E-state index contributed by atoms with van der Waals surface area (Å²) in [5.41, 5.74) is 0.903. The van der Waals surface area contributed by atoms with Crippen LogP contribution in [0, 0.1) is 0 Å². The van der Waals surface area contributed by atoms with E-state index < -0.39 is 0 Å². The molecule has 1 aromatic heterocycles. The number of carbonyl (C=O) groups is 1. The lowest BCUT2D eigenvalue weighted by molar-refractivity contribution is -0.117. The molecule has 0 fully saturated rings. The molecule has 0 saturated heterocycles. The molecule has 0 radical (unpaired) electrons. The Morgan fingerprint density at radius 2 is 2.05 bits per heavy atom. The van der Waals surface area contributed by atoms with Crippen LogP contribution < -0.4 is 4.90 Å². The van der Waals surface area contributed by atoms with Gasteiger partial charge in [-0.2, -0.15) is 0 Å². The molecule has 100 valence electrons. The predicted octanol–water partition coefficient (Wildman–Crippen LogP) is 2.56. The van der Waals surface area contributed by atoms with Crippen molar-refractivity contribution in [1.82, 2.24) is 9.55 Å². The van der Waals surface area contributed by atoms with Crippen molar-refractivity contribution in [1.29, 1.82) is 0 Å². The SMILES string of the molecule is CC(Sc1nccn1C)C(=O)N(C)c1ccccc1. The highest BCUT2D eigenvalue weighted by Gasteiger charge is 2.21. The summed E-state index contributed by atoms with van der Waals surface area (Å²) in [6.45, 7) is 1.90. The largest absolute Gasteiger partial charge is 0.329 e. The van der Waals surface area contributed by atoms with Gasteiger partial charge in [0.2, 0.25) is 5.91 Å². The third-order valence-corrected chi connectivity index (χ3v) is 4.04. The molecule has 1 aromatic carbocycles. The number of benzene rings is 1. The molecule has 2 aromatic rings. The van der Waals surface area contributed by atoms with Gasteiger partial charge in [-0.3, -0.25) is 4.79 Å². The van der Waals surface area contributed by atoms with Gasteiger partial charge in [-0.1, -0.05) is 30.0 Å². The van der Waals surface area contributed by atoms with Crippen LogP contribution in [0.25, 0.3) is 0 Å². The van der Waals surface area contributed by atoms with Gasteiger partial charge in [-0.25, -0.2) is 4.98 Å². The molecule has 4 nitrogen and oxygen atoms in total. The van der Waals surface area contributed by atoms with Crippen LogP contribution in [0.4, 0.5) is 5.69 Å².